The van der Waals surface area contributed by atoms with Gasteiger partial charge in [0.15, 0.2) is 11.6 Å². The molecule has 0 amide bonds. The lowest BCUT2D eigenvalue weighted by Gasteiger charge is -2.35. The molecule has 36 heavy (non-hydrogen) atoms. The van der Waals surface area contributed by atoms with Crippen LogP contribution in [0.1, 0.15) is 30.4 Å². The predicted molar refractivity (Wildman–Crippen MR) is 130 cm³/mol. The number of carboxylic acids is 1. The number of methoxy groups -OCH3 is 1. The summed E-state index contributed by atoms with van der Waals surface area (Å²) in [5.74, 6) is 1.22. The lowest BCUT2D eigenvalue weighted by molar-refractivity contribution is -0.146. The lowest BCUT2D eigenvalue weighted by Crippen LogP contribution is -2.44. The SMILES string of the molecule is COc1ccc2nccc(CCC[C@@H]3CCN(CC#Cc4cc(F)cc(F)c4F)C[C@@H]3C(=O)O)c2c1. The van der Waals surface area contributed by atoms with E-state index >= 15 is 0 Å². The topological polar surface area (TPSA) is 62.7 Å². The van der Waals surface area contributed by atoms with Gasteiger partial charge in [-0.3, -0.25) is 14.7 Å². The molecule has 1 aliphatic rings. The molecule has 1 aromatic heterocycles. The molecule has 0 unspecified atom stereocenters. The van der Waals surface area contributed by atoms with Crippen LogP contribution in [0.3, 0.4) is 0 Å². The molecule has 5 nitrogen and oxygen atoms in total. The molecule has 4 rings (SSSR count). The molecule has 1 fully saturated rings. The first-order valence-electron chi connectivity index (χ1n) is 11.9. The second kappa shape index (κ2) is 11.4. The van der Waals surface area contributed by atoms with Gasteiger partial charge in [0.25, 0.3) is 0 Å². The molecule has 2 aromatic carbocycles. The standard InChI is InChI=1S/C28H27F3N2O3/c1-36-22-7-8-26-23(16-22)18(9-11-32-26)4-2-5-19-10-13-33(17-24(19)28(34)35)12-3-6-20-14-21(29)15-25(30)27(20)31/h7-9,11,14-16,19,24H,2,4-5,10,12-13,17H2,1H3,(H,34,35)/t19-,24+/m1/s1. The summed E-state index contributed by atoms with van der Waals surface area (Å²) in [6.07, 6.45) is 4.91. The average Bonchev–Trinajstić information content (AvgIpc) is 2.87. The van der Waals surface area contributed by atoms with E-state index in [2.05, 4.69) is 16.8 Å². The third-order valence-electron chi connectivity index (χ3n) is 6.74. The number of piperidine rings is 1. The Kier molecular flexibility index (Phi) is 8.11. The Bertz CT molecular complexity index is 1320. The van der Waals surface area contributed by atoms with E-state index in [1.807, 2.05) is 29.2 Å². The van der Waals surface area contributed by atoms with Crippen molar-refractivity contribution in [2.45, 2.75) is 25.7 Å². The monoisotopic (exact) mass is 496 g/mol. The van der Waals surface area contributed by atoms with Gasteiger partial charge in [0, 0.05) is 24.2 Å². The number of nitrogens with zero attached hydrogens (tertiary/aromatic N) is 2. The first-order chi connectivity index (χ1) is 17.4. The fraction of sp³-hybridized carbons (Fsp3) is 0.357. The number of fused-ring (bicyclic) bond motifs is 1. The summed E-state index contributed by atoms with van der Waals surface area (Å²) in [6, 6.07) is 9.08. The van der Waals surface area contributed by atoms with Crippen LogP contribution in [0.2, 0.25) is 0 Å². The Morgan fingerprint density at radius 1 is 1.22 bits per heavy atom. The number of aromatic nitrogens is 1. The number of carboxylic acid groups (broad SMARTS) is 1. The summed E-state index contributed by atoms with van der Waals surface area (Å²) in [7, 11) is 1.63. The molecule has 0 aliphatic carbocycles. The van der Waals surface area contributed by atoms with Crippen LogP contribution in [-0.4, -0.2) is 47.7 Å². The van der Waals surface area contributed by atoms with Gasteiger partial charge in [-0.15, -0.1) is 0 Å². The van der Waals surface area contributed by atoms with Crippen LogP contribution in [0.25, 0.3) is 10.9 Å². The number of halogens is 3. The summed E-state index contributed by atoms with van der Waals surface area (Å²) in [4.78, 5) is 18.3. The number of pyridine rings is 1. The number of likely N-dealkylation sites (tertiary alicyclic amines) is 1. The zero-order valence-corrected chi connectivity index (χ0v) is 19.9. The third kappa shape index (κ3) is 5.97. The van der Waals surface area contributed by atoms with Crippen LogP contribution < -0.4 is 4.74 Å². The van der Waals surface area contributed by atoms with Crippen molar-refractivity contribution in [1.29, 1.82) is 0 Å². The highest BCUT2D eigenvalue weighted by Crippen LogP contribution is 2.30. The minimum absolute atomic E-state index is 0.0316. The van der Waals surface area contributed by atoms with Crippen molar-refractivity contribution >= 4 is 16.9 Å². The fourth-order valence-corrected chi connectivity index (χ4v) is 4.81. The number of aryl methyl sites for hydroxylation is 1. The average molecular weight is 497 g/mol. The van der Waals surface area contributed by atoms with Crippen molar-refractivity contribution in [3.63, 3.8) is 0 Å². The van der Waals surface area contributed by atoms with E-state index < -0.39 is 29.3 Å². The predicted octanol–water partition coefficient (Wildman–Crippen LogP) is 5.06. The van der Waals surface area contributed by atoms with Crippen LogP contribution in [0.15, 0.2) is 42.6 Å². The fourth-order valence-electron chi connectivity index (χ4n) is 4.81. The number of hydrogen-bond donors (Lipinski definition) is 1. The third-order valence-corrected chi connectivity index (χ3v) is 6.74. The number of hydrogen-bond acceptors (Lipinski definition) is 4. The molecule has 188 valence electrons. The highest BCUT2D eigenvalue weighted by molar-refractivity contribution is 5.83. The maximum absolute atomic E-state index is 13.8. The molecule has 1 N–H and O–H groups in total. The number of carbonyl (C=O) groups is 1. The minimum Gasteiger partial charge on any atom is -0.497 e. The van der Waals surface area contributed by atoms with Gasteiger partial charge in [-0.1, -0.05) is 11.8 Å². The van der Waals surface area contributed by atoms with Gasteiger partial charge in [0.05, 0.1) is 30.7 Å². The first-order valence-corrected chi connectivity index (χ1v) is 11.9. The van der Waals surface area contributed by atoms with Gasteiger partial charge in [0.1, 0.15) is 11.6 Å². The maximum atomic E-state index is 13.8. The van der Waals surface area contributed by atoms with Crippen molar-refractivity contribution < 1.29 is 27.8 Å². The molecule has 3 aromatic rings. The second-order valence-electron chi connectivity index (χ2n) is 9.02. The normalized spacial score (nSPS) is 18.0. The minimum atomic E-state index is -1.29. The van der Waals surface area contributed by atoms with Crippen LogP contribution >= 0.6 is 0 Å². The Morgan fingerprint density at radius 2 is 2.06 bits per heavy atom. The highest BCUT2D eigenvalue weighted by Gasteiger charge is 2.33. The molecule has 0 radical (unpaired) electrons. The van der Waals surface area contributed by atoms with Crippen LogP contribution in [0.4, 0.5) is 13.2 Å². The van der Waals surface area contributed by atoms with Crippen molar-refractivity contribution in [2.75, 3.05) is 26.7 Å². The lowest BCUT2D eigenvalue weighted by atomic mass is 9.81. The summed E-state index contributed by atoms with van der Waals surface area (Å²) in [5, 5.41) is 10.9. The molecule has 0 saturated carbocycles. The van der Waals surface area contributed by atoms with Crippen LogP contribution in [0.5, 0.6) is 5.75 Å². The Hall–Kier alpha value is -3.57. The quantitative estimate of drug-likeness (QED) is 0.366. The molecule has 0 spiro atoms. The zero-order chi connectivity index (χ0) is 25.7. The number of benzene rings is 2. The van der Waals surface area contributed by atoms with Crippen molar-refractivity contribution in [3.8, 4) is 17.6 Å². The zero-order valence-electron chi connectivity index (χ0n) is 19.9. The van der Waals surface area contributed by atoms with E-state index in [1.165, 1.54) is 0 Å². The second-order valence-corrected chi connectivity index (χ2v) is 9.02. The van der Waals surface area contributed by atoms with Crippen LogP contribution in [-0.2, 0) is 11.2 Å². The van der Waals surface area contributed by atoms with E-state index in [0.717, 1.165) is 47.5 Å². The van der Waals surface area contributed by atoms with E-state index in [1.54, 1.807) is 13.3 Å². The van der Waals surface area contributed by atoms with Gasteiger partial charge in [-0.05, 0) is 74.0 Å². The van der Waals surface area contributed by atoms with Crippen LogP contribution in [0, 0.1) is 41.1 Å². The number of rotatable bonds is 7. The molecule has 1 saturated heterocycles. The van der Waals surface area contributed by atoms with Crippen molar-refractivity contribution in [2.24, 2.45) is 11.8 Å². The Labute approximate surface area is 207 Å². The molecule has 0 bridgehead atoms. The van der Waals surface area contributed by atoms with E-state index in [9.17, 15) is 23.1 Å². The summed E-state index contributed by atoms with van der Waals surface area (Å²) in [5.41, 5.74) is 1.70. The molecule has 1 aliphatic heterocycles. The summed E-state index contributed by atoms with van der Waals surface area (Å²) < 4.78 is 45.8. The van der Waals surface area contributed by atoms with Gasteiger partial charge >= 0.3 is 5.97 Å². The highest BCUT2D eigenvalue weighted by atomic mass is 19.2. The molecule has 2 heterocycles. The molecular weight excluding hydrogens is 469 g/mol. The van der Waals surface area contributed by atoms with Gasteiger partial charge in [0.2, 0.25) is 0 Å². The molecule has 2 atom stereocenters. The van der Waals surface area contributed by atoms with Crippen molar-refractivity contribution in [3.05, 3.63) is 71.2 Å². The Morgan fingerprint density at radius 3 is 2.83 bits per heavy atom. The van der Waals surface area contributed by atoms with E-state index in [0.29, 0.717) is 25.6 Å². The van der Waals surface area contributed by atoms with E-state index in [4.69, 9.17) is 4.74 Å². The largest absolute Gasteiger partial charge is 0.497 e. The summed E-state index contributed by atoms with van der Waals surface area (Å²) in [6.45, 7) is 1.17. The smallest absolute Gasteiger partial charge is 0.308 e. The number of ether oxygens (including phenoxy) is 1. The Balaban J connectivity index is 1.35. The van der Waals surface area contributed by atoms with Gasteiger partial charge in [-0.2, -0.15) is 0 Å². The van der Waals surface area contributed by atoms with E-state index in [-0.39, 0.29) is 18.0 Å². The number of aliphatic carboxylic acids is 1. The summed E-state index contributed by atoms with van der Waals surface area (Å²) >= 11 is 0. The van der Waals surface area contributed by atoms with Gasteiger partial charge < -0.3 is 9.84 Å². The molecular formula is C28H27F3N2O3. The van der Waals surface area contributed by atoms with Crippen molar-refractivity contribution in [1.82, 2.24) is 9.88 Å². The first kappa shape index (κ1) is 25.5. The molecule has 8 heteroatoms. The maximum Gasteiger partial charge on any atom is 0.308 e. The van der Waals surface area contributed by atoms with Gasteiger partial charge in [-0.25, -0.2) is 13.2 Å².